The molecule has 2 rings (SSSR count). The molecule has 0 aromatic heterocycles. The molecule has 1 saturated heterocycles. The molecule has 1 aliphatic carbocycles. The van der Waals surface area contributed by atoms with Gasteiger partial charge in [-0.3, -0.25) is 4.99 Å². The van der Waals surface area contributed by atoms with Crippen molar-refractivity contribution in [2.45, 2.75) is 59.0 Å². The minimum atomic E-state index is 0.204. The van der Waals surface area contributed by atoms with Crippen molar-refractivity contribution in [3.05, 3.63) is 0 Å². The molecule has 0 spiro atoms. The standard InChI is InChI=1S/C17H33N3O/c1-17(2,3)15-14(6-5-11-21-15)12-20-16(18-4)19-10-9-13-7-8-13/h13-15H,5-12H2,1-4H3,(H2,18,19,20). The Morgan fingerprint density at radius 1 is 1.19 bits per heavy atom. The average Bonchev–Trinajstić information content (AvgIpc) is 3.26. The summed E-state index contributed by atoms with van der Waals surface area (Å²) in [6, 6.07) is 0. The summed E-state index contributed by atoms with van der Waals surface area (Å²) in [7, 11) is 1.85. The molecule has 0 bridgehead atoms. The third-order valence-corrected chi connectivity index (χ3v) is 4.60. The first-order chi connectivity index (χ1) is 10.0. The van der Waals surface area contributed by atoms with Crippen molar-refractivity contribution in [1.29, 1.82) is 0 Å². The van der Waals surface area contributed by atoms with Gasteiger partial charge in [0.05, 0.1) is 6.10 Å². The van der Waals surface area contributed by atoms with Gasteiger partial charge in [-0.2, -0.15) is 0 Å². The fourth-order valence-electron chi connectivity index (χ4n) is 3.26. The predicted molar refractivity (Wildman–Crippen MR) is 88.6 cm³/mol. The van der Waals surface area contributed by atoms with Crippen LogP contribution >= 0.6 is 0 Å². The molecular formula is C17H33N3O. The summed E-state index contributed by atoms with van der Waals surface area (Å²) in [6.45, 7) is 9.72. The molecule has 0 aromatic carbocycles. The van der Waals surface area contributed by atoms with Crippen LogP contribution in [0.4, 0.5) is 0 Å². The van der Waals surface area contributed by atoms with Crippen LogP contribution in [-0.2, 0) is 4.74 Å². The lowest BCUT2D eigenvalue weighted by atomic mass is 9.78. The molecule has 2 atom stereocenters. The van der Waals surface area contributed by atoms with Crippen molar-refractivity contribution >= 4 is 5.96 Å². The van der Waals surface area contributed by atoms with Gasteiger partial charge < -0.3 is 15.4 Å². The summed E-state index contributed by atoms with van der Waals surface area (Å²) in [5, 5.41) is 6.93. The van der Waals surface area contributed by atoms with Crippen molar-refractivity contribution < 1.29 is 4.74 Å². The van der Waals surface area contributed by atoms with E-state index in [-0.39, 0.29) is 5.41 Å². The number of ether oxygens (including phenoxy) is 1. The molecule has 0 aromatic rings. The highest BCUT2D eigenvalue weighted by Gasteiger charge is 2.35. The van der Waals surface area contributed by atoms with Crippen LogP contribution in [-0.4, -0.2) is 38.8 Å². The largest absolute Gasteiger partial charge is 0.377 e. The third-order valence-electron chi connectivity index (χ3n) is 4.60. The number of aliphatic imine (C=N–C) groups is 1. The molecule has 1 heterocycles. The van der Waals surface area contributed by atoms with Gasteiger partial charge in [-0.05, 0) is 30.6 Å². The first kappa shape index (κ1) is 16.6. The average molecular weight is 295 g/mol. The minimum absolute atomic E-state index is 0.204. The van der Waals surface area contributed by atoms with E-state index >= 15 is 0 Å². The highest BCUT2D eigenvalue weighted by atomic mass is 16.5. The first-order valence-corrected chi connectivity index (χ1v) is 8.57. The molecule has 1 aliphatic heterocycles. The molecule has 21 heavy (non-hydrogen) atoms. The van der Waals surface area contributed by atoms with Crippen LogP contribution in [0, 0.1) is 17.3 Å². The molecule has 2 unspecified atom stereocenters. The van der Waals surface area contributed by atoms with Crippen molar-refractivity contribution in [3.8, 4) is 0 Å². The van der Waals surface area contributed by atoms with E-state index in [1.165, 1.54) is 32.1 Å². The fourth-order valence-corrected chi connectivity index (χ4v) is 3.26. The number of hydrogen-bond acceptors (Lipinski definition) is 2. The van der Waals surface area contributed by atoms with Crippen LogP contribution in [0.25, 0.3) is 0 Å². The van der Waals surface area contributed by atoms with Gasteiger partial charge in [0, 0.05) is 32.7 Å². The number of nitrogens with zero attached hydrogens (tertiary/aromatic N) is 1. The SMILES string of the molecule is CN=C(NCCC1CC1)NCC1CCCOC1C(C)(C)C. The summed E-state index contributed by atoms with van der Waals surface area (Å²) in [6.07, 6.45) is 6.86. The van der Waals surface area contributed by atoms with E-state index in [2.05, 4.69) is 36.4 Å². The van der Waals surface area contributed by atoms with Crippen LogP contribution < -0.4 is 10.6 Å². The van der Waals surface area contributed by atoms with Crippen LogP contribution in [0.5, 0.6) is 0 Å². The van der Waals surface area contributed by atoms with Gasteiger partial charge in [0.1, 0.15) is 0 Å². The Kier molecular flexibility index (Phi) is 5.91. The molecule has 2 N–H and O–H groups in total. The van der Waals surface area contributed by atoms with Crippen LogP contribution in [0.1, 0.15) is 52.9 Å². The monoisotopic (exact) mass is 295 g/mol. The van der Waals surface area contributed by atoms with Gasteiger partial charge in [-0.15, -0.1) is 0 Å². The van der Waals surface area contributed by atoms with Crippen LogP contribution in [0.3, 0.4) is 0 Å². The highest BCUT2D eigenvalue weighted by Crippen LogP contribution is 2.33. The van der Waals surface area contributed by atoms with Gasteiger partial charge in [0.15, 0.2) is 5.96 Å². The van der Waals surface area contributed by atoms with E-state index in [1.807, 2.05) is 7.05 Å². The summed E-state index contributed by atoms with van der Waals surface area (Å²) >= 11 is 0. The zero-order chi connectivity index (χ0) is 15.3. The summed E-state index contributed by atoms with van der Waals surface area (Å²) in [4.78, 5) is 4.33. The van der Waals surface area contributed by atoms with Gasteiger partial charge in [-0.25, -0.2) is 0 Å². The quantitative estimate of drug-likeness (QED) is 0.605. The number of guanidine groups is 1. The van der Waals surface area contributed by atoms with E-state index in [4.69, 9.17) is 4.74 Å². The third kappa shape index (κ3) is 5.50. The molecule has 2 fully saturated rings. The Balaban J connectivity index is 1.75. The Bertz CT molecular complexity index is 344. The Hall–Kier alpha value is -0.770. The maximum absolute atomic E-state index is 6.04. The van der Waals surface area contributed by atoms with E-state index < -0.39 is 0 Å². The van der Waals surface area contributed by atoms with Gasteiger partial charge in [-0.1, -0.05) is 33.6 Å². The van der Waals surface area contributed by atoms with Crippen molar-refractivity contribution in [2.24, 2.45) is 22.2 Å². The smallest absolute Gasteiger partial charge is 0.190 e. The minimum Gasteiger partial charge on any atom is -0.377 e. The van der Waals surface area contributed by atoms with Crippen molar-refractivity contribution in [1.82, 2.24) is 10.6 Å². The number of rotatable bonds is 5. The molecule has 1 saturated carbocycles. The molecule has 4 heteroatoms. The predicted octanol–water partition coefficient (Wildman–Crippen LogP) is 2.79. The molecule has 4 nitrogen and oxygen atoms in total. The van der Waals surface area contributed by atoms with E-state index in [1.54, 1.807) is 0 Å². The number of nitrogens with one attached hydrogen (secondary N) is 2. The molecular weight excluding hydrogens is 262 g/mol. The highest BCUT2D eigenvalue weighted by molar-refractivity contribution is 5.79. The zero-order valence-corrected chi connectivity index (χ0v) is 14.2. The van der Waals surface area contributed by atoms with Gasteiger partial charge >= 0.3 is 0 Å². The topological polar surface area (TPSA) is 45.7 Å². The lowest BCUT2D eigenvalue weighted by Crippen LogP contribution is -2.47. The first-order valence-electron chi connectivity index (χ1n) is 8.57. The van der Waals surface area contributed by atoms with Crippen LogP contribution in [0.15, 0.2) is 4.99 Å². The second-order valence-electron chi connectivity index (χ2n) is 7.67. The Morgan fingerprint density at radius 2 is 1.95 bits per heavy atom. The fraction of sp³-hybridized carbons (Fsp3) is 0.941. The zero-order valence-electron chi connectivity index (χ0n) is 14.2. The molecule has 122 valence electrons. The van der Waals surface area contributed by atoms with Crippen LogP contribution in [0.2, 0.25) is 0 Å². The lowest BCUT2D eigenvalue weighted by Gasteiger charge is -2.40. The summed E-state index contributed by atoms with van der Waals surface area (Å²) in [5.41, 5.74) is 0.204. The van der Waals surface area contributed by atoms with E-state index in [0.717, 1.165) is 31.6 Å². The number of hydrogen-bond donors (Lipinski definition) is 2. The normalized spacial score (nSPS) is 27.5. The van der Waals surface area contributed by atoms with Crippen molar-refractivity contribution in [2.75, 3.05) is 26.7 Å². The van der Waals surface area contributed by atoms with E-state index in [0.29, 0.717) is 12.0 Å². The van der Waals surface area contributed by atoms with E-state index in [9.17, 15) is 0 Å². The summed E-state index contributed by atoms with van der Waals surface area (Å²) < 4.78 is 6.04. The molecule has 2 aliphatic rings. The van der Waals surface area contributed by atoms with Gasteiger partial charge in [0.25, 0.3) is 0 Å². The van der Waals surface area contributed by atoms with Gasteiger partial charge in [0.2, 0.25) is 0 Å². The summed E-state index contributed by atoms with van der Waals surface area (Å²) in [5.74, 6) is 2.47. The second-order valence-corrected chi connectivity index (χ2v) is 7.67. The molecule has 0 radical (unpaired) electrons. The maximum atomic E-state index is 6.04. The van der Waals surface area contributed by atoms with Crippen molar-refractivity contribution in [3.63, 3.8) is 0 Å². The Labute approximate surface area is 130 Å². The molecule has 0 amide bonds. The second kappa shape index (κ2) is 7.48. The lowest BCUT2D eigenvalue weighted by molar-refractivity contribution is -0.0835. The Morgan fingerprint density at radius 3 is 2.57 bits per heavy atom. The maximum Gasteiger partial charge on any atom is 0.190 e.